The third-order valence-electron chi connectivity index (χ3n) is 16.0. The average Bonchev–Trinajstić information content (AvgIpc) is 0.762. The van der Waals surface area contributed by atoms with Crippen LogP contribution in [0, 0.1) is 32.5 Å². The van der Waals surface area contributed by atoms with Gasteiger partial charge in [-0.25, -0.2) is 0 Å². The normalized spacial score (nSPS) is 26.6. The Kier molecular flexibility index (Phi) is 26.4. The molecule has 15 atom stereocenters. The summed E-state index contributed by atoms with van der Waals surface area (Å²) in [6, 6.07) is 37.7. The monoisotopic (exact) mass is 1350 g/mol. The van der Waals surface area contributed by atoms with Crippen molar-refractivity contribution in [2.45, 2.75) is 250 Å². The molecule has 3 saturated heterocycles. The Hall–Kier alpha value is -6.66. The Labute approximate surface area is 572 Å². The molecule has 97 heavy (non-hydrogen) atoms. The van der Waals surface area contributed by atoms with Gasteiger partial charge in [0.25, 0.3) is 0 Å². The molecule has 0 spiro atoms. The first-order valence-corrected chi connectivity index (χ1v) is 33.4. The highest BCUT2D eigenvalue weighted by molar-refractivity contribution is 5.78. The molecule has 534 valence electrons. The molecule has 3 aliphatic heterocycles. The highest BCUT2D eigenvalue weighted by atomic mass is 16.8. The van der Waals surface area contributed by atoms with E-state index in [9.17, 15) is 24.0 Å². The first-order chi connectivity index (χ1) is 45.3. The van der Waals surface area contributed by atoms with E-state index < -0.39 is 174 Å². The van der Waals surface area contributed by atoms with Crippen LogP contribution in [0.25, 0.3) is 0 Å². The number of benzene rings is 4. The second kappa shape index (κ2) is 33.0. The van der Waals surface area contributed by atoms with Crippen LogP contribution >= 0.6 is 0 Å². The molecule has 7 rings (SSSR count). The molecule has 0 aliphatic carbocycles. The Bertz CT molecular complexity index is 3170. The van der Waals surface area contributed by atoms with Crippen molar-refractivity contribution in [3.63, 3.8) is 0 Å². The van der Waals surface area contributed by atoms with Crippen LogP contribution in [0.1, 0.15) is 154 Å². The Morgan fingerprint density at radius 3 is 0.969 bits per heavy atom. The molecule has 0 bridgehead atoms. The van der Waals surface area contributed by atoms with Crippen molar-refractivity contribution >= 4 is 35.8 Å². The molecule has 0 radical (unpaired) electrons. The van der Waals surface area contributed by atoms with Gasteiger partial charge in [0.15, 0.2) is 43.3 Å². The lowest BCUT2D eigenvalue weighted by Gasteiger charge is -2.51. The van der Waals surface area contributed by atoms with E-state index in [1.165, 1.54) is 0 Å². The first kappa shape index (κ1) is 77.7. The predicted octanol–water partition coefficient (Wildman–Crippen LogP) is 11.9. The summed E-state index contributed by atoms with van der Waals surface area (Å²) in [7, 11) is 0. The van der Waals surface area contributed by atoms with E-state index >= 15 is 4.79 Å². The van der Waals surface area contributed by atoms with E-state index in [0.717, 1.165) is 16.7 Å². The van der Waals surface area contributed by atoms with Gasteiger partial charge < -0.3 is 71.1 Å². The molecule has 0 saturated carbocycles. The summed E-state index contributed by atoms with van der Waals surface area (Å²) >= 11 is 0. The first-order valence-electron chi connectivity index (χ1n) is 33.4. The third kappa shape index (κ3) is 22.2. The summed E-state index contributed by atoms with van der Waals surface area (Å²) in [6.45, 7) is 30.2. The maximum Gasteiger partial charge on any atom is 0.311 e. The van der Waals surface area contributed by atoms with Gasteiger partial charge in [-0.05, 0) is 154 Å². The number of hydrogen-bond donors (Lipinski definition) is 0. The standard InChI is InChI=1S/C76H104O21/c1-46-53(83-40-47-32-24-20-25-33-47)56(84-41-48-34-26-21-27-35-48)59(85-42-49-36-28-22-29-37-49)63(89-46)93-57-55(94-67(79)73(8,9)10)52(45-88-66(78)72(5,6)7)91-64(61(57)97-70(82)76(17,18)19)92-54-51(44-87-65(77)71(2,3)4)90-62(86-43-50-38-30-23-31-39-50)60(96-69(81)75(14,15)16)58(54)95-68(80)74(11,12)13/h20-39,46,51-64H,40-45H2,1-19H3/t46-,51-,52-,53+,54-,55+,56+,57+,58+,59-,60-,61-,62-,63-,64+/m1/s1. The van der Waals surface area contributed by atoms with Gasteiger partial charge in [0, 0.05) is 0 Å². The van der Waals surface area contributed by atoms with E-state index in [-0.39, 0.29) is 26.4 Å². The molecule has 4 aromatic carbocycles. The number of rotatable bonds is 24. The largest absolute Gasteiger partial charge is 0.462 e. The maximum absolute atomic E-state index is 15.1. The van der Waals surface area contributed by atoms with E-state index in [2.05, 4.69) is 0 Å². The van der Waals surface area contributed by atoms with Crippen LogP contribution in [0.4, 0.5) is 0 Å². The van der Waals surface area contributed by atoms with Crippen LogP contribution in [0.2, 0.25) is 0 Å². The third-order valence-corrected chi connectivity index (χ3v) is 16.0. The molecule has 0 amide bonds. The fourth-order valence-electron chi connectivity index (χ4n) is 10.1. The van der Waals surface area contributed by atoms with Crippen molar-refractivity contribution in [1.29, 1.82) is 0 Å². The van der Waals surface area contributed by atoms with Crippen LogP contribution in [0.5, 0.6) is 0 Å². The molecule has 0 aromatic heterocycles. The molecular weight excluding hydrogens is 1250 g/mol. The highest BCUT2D eigenvalue weighted by Crippen LogP contribution is 2.41. The van der Waals surface area contributed by atoms with E-state index in [1.807, 2.05) is 121 Å². The molecule has 21 nitrogen and oxygen atoms in total. The lowest BCUT2D eigenvalue weighted by Crippen LogP contribution is -2.69. The minimum Gasteiger partial charge on any atom is -0.462 e. The van der Waals surface area contributed by atoms with Gasteiger partial charge in [-0.3, -0.25) is 28.8 Å². The zero-order valence-corrected chi connectivity index (χ0v) is 60.0. The summed E-state index contributed by atoms with van der Waals surface area (Å²) in [4.78, 5) is 87.0. The summed E-state index contributed by atoms with van der Waals surface area (Å²) in [5.41, 5.74) is -3.84. The number of hydrogen-bond acceptors (Lipinski definition) is 21. The minimum atomic E-state index is -1.96. The lowest BCUT2D eigenvalue weighted by atomic mass is 9.92. The van der Waals surface area contributed by atoms with Crippen molar-refractivity contribution in [1.82, 2.24) is 0 Å². The Morgan fingerprint density at radius 1 is 0.299 bits per heavy atom. The van der Waals surface area contributed by atoms with E-state index in [0.29, 0.717) is 5.56 Å². The van der Waals surface area contributed by atoms with Crippen LogP contribution in [-0.2, 0) is 126 Å². The molecule has 0 unspecified atom stereocenters. The van der Waals surface area contributed by atoms with Gasteiger partial charge in [0.2, 0.25) is 0 Å². The van der Waals surface area contributed by atoms with Crippen LogP contribution in [0.15, 0.2) is 121 Å². The lowest BCUT2D eigenvalue weighted by molar-refractivity contribution is -0.385. The van der Waals surface area contributed by atoms with Crippen LogP contribution in [0.3, 0.4) is 0 Å². The minimum absolute atomic E-state index is 0.00990. The van der Waals surface area contributed by atoms with Crippen LogP contribution < -0.4 is 0 Å². The average molecular weight is 1350 g/mol. The zero-order valence-electron chi connectivity index (χ0n) is 60.0. The quantitative estimate of drug-likeness (QED) is 0.0468. The van der Waals surface area contributed by atoms with Crippen molar-refractivity contribution in [3.8, 4) is 0 Å². The number of esters is 6. The Morgan fingerprint density at radius 2 is 0.588 bits per heavy atom. The smallest absolute Gasteiger partial charge is 0.311 e. The van der Waals surface area contributed by atoms with Gasteiger partial charge >= 0.3 is 35.8 Å². The van der Waals surface area contributed by atoms with Gasteiger partial charge in [0.1, 0.15) is 55.9 Å². The summed E-state index contributed by atoms with van der Waals surface area (Å²) in [5, 5.41) is 0. The van der Waals surface area contributed by atoms with Gasteiger partial charge in [-0.2, -0.15) is 0 Å². The van der Waals surface area contributed by atoms with Gasteiger partial charge in [-0.15, -0.1) is 0 Å². The van der Waals surface area contributed by atoms with Gasteiger partial charge in [-0.1, -0.05) is 121 Å². The van der Waals surface area contributed by atoms with Crippen molar-refractivity contribution in [2.24, 2.45) is 32.5 Å². The summed E-state index contributed by atoms with van der Waals surface area (Å²) in [6.07, 6.45) is -22.4. The molecule has 21 heteroatoms. The van der Waals surface area contributed by atoms with Crippen LogP contribution in [-0.4, -0.2) is 141 Å². The summed E-state index contributed by atoms with van der Waals surface area (Å²) < 4.78 is 101. The van der Waals surface area contributed by atoms with Crippen molar-refractivity contribution < 1.29 is 99.8 Å². The van der Waals surface area contributed by atoms with Gasteiger partial charge in [0.05, 0.1) is 65.0 Å². The zero-order chi connectivity index (χ0) is 71.4. The number of ether oxygens (including phenoxy) is 15. The highest BCUT2D eigenvalue weighted by Gasteiger charge is 2.61. The topological polar surface area (TPSA) is 241 Å². The molecule has 3 fully saturated rings. The predicted molar refractivity (Wildman–Crippen MR) is 356 cm³/mol. The maximum atomic E-state index is 15.1. The fourth-order valence-corrected chi connectivity index (χ4v) is 10.1. The number of carbonyl (C=O) groups is 6. The molecule has 0 N–H and O–H groups in total. The molecule has 3 aliphatic rings. The number of carbonyl (C=O) groups excluding carboxylic acids is 6. The van der Waals surface area contributed by atoms with Crippen molar-refractivity contribution in [3.05, 3.63) is 144 Å². The molecule has 4 aromatic rings. The Balaban J connectivity index is 1.48. The fraction of sp³-hybridized carbons (Fsp3) is 0.605. The summed E-state index contributed by atoms with van der Waals surface area (Å²) in [5.74, 6) is -4.47. The molecular formula is C76H104O21. The van der Waals surface area contributed by atoms with E-state index in [4.69, 9.17) is 71.1 Å². The second-order valence-corrected chi connectivity index (χ2v) is 31.3. The van der Waals surface area contributed by atoms with Crippen molar-refractivity contribution in [2.75, 3.05) is 13.2 Å². The SMILES string of the molecule is C[C@H]1O[C@H](O[C@H]2[C@@H](OC(=O)C(C)(C)C)[C@@H](COC(=O)C(C)(C)C)O[C@@H](O[C@H]3[C@H](OC(=O)C(C)(C)C)[C@@H](OC(=O)C(C)(C)C)[C@H](OCc4ccccc4)O[C@@H]3COC(=O)C(C)(C)C)[C@@H]2OC(=O)C(C)(C)C)[C@H](OCc2ccccc2)[C@@H](OCc2ccccc2)[C@H]1OCc1ccccc1. The van der Waals surface area contributed by atoms with E-state index in [1.54, 1.807) is 132 Å². The second-order valence-electron chi connectivity index (χ2n) is 31.3. The molecule has 3 heterocycles.